The Labute approximate surface area is 93.5 Å². The van der Waals surface area contributed by atoms with E-state index in [0.717, 1.165) is 25.9 Å². The molecule has 1 aliphatic heterocycles. The van der Waals surface area contributed by atoms with Gasteiger partial charge in [-0.3, -0.25) is 15.0 Å². The molecular weight excluding hydrogens is 208 g/mol. The Morgan fingerprint density at radius 2 is 2.06 bits per heavy atom. The molecular formula is C11H14N2O3. The minimum absolute atomic E-state index is 0.0343. The fourth-order valence-corrected chi connectivity index (χ4v) is 1.99. The SMILES string of the molecule is O=[N+]([O-])c1ccc(O)c(CN2CCCC2)c1. The van der Waals surface area contributed by atoms with Gasteiger partial charge in [-0.1, -0.05) is 0 Å². The molecule has 1 heterocycles. The molecule has 1 aromatic rings. The first-order chi connectivity index (χ1) is 7.66. The van der Waals surface area contributed by atoms with E-state index in [4.69, 9.17) is 0 Å². The van der Waals surface area contributed by atoms with Gasteiger partial charge in [-0.25, -0.2) is 0 Å². The standard InChI is InChI=1S/C11H14N2O3/c14-11-4-3-10(13(15)16)7-9(11)8-12-5-1-2-6-12/h3-4,7,14H,1-2,5-6,8H2. The highest BCUT2D eigenvalue weighted by atomic mass is 16.6. The zero-order valence-corrected chi connectivity index (χ0v) is 8.93. The summed E-state index contributed by atoms with van der Waals surface area (Å²) in [6.07, 6.45) is 2.32. The summed E-state index contributed by atoms with van der Waals surface area (Å²) < 4.78 is 0. The average molecular weight is 222 g/mol. The van der Waals surface area contributed by atoms with E-state index in [9.17, 15) is 15.2 Å². The van der Waals surface area contributed by atoms with Crippen LogP contribution in [-0.2, 0) is 6.54 Å². The molecule has 1 saturated heterocycles. The zero-order valence-electron chi connectivity index (χ0n) is 8.93. The second-order valence-corrected chi connectivity index (χ2v) is 4.05. The van der Waals surface area contributed by atoms with Crippen molar-refractivity contribution in [1.29, 1.82) is 0 Å². The number of benzene rings is 1. The molecule has 0 spiro atoms. The molecule has 0 radical (unpaired) electrons. The number of phenols is 1. The van der Waals surface area contributed by atoms with E-state index >= 15 is 0 Å². The Morgan fingerprint density at radius 3 is 2.69 bits per heavy atom. The summed E-state index contributed by atoms with van der Waals surface area (Å²) >= 11 is 0. The van der Waals surface area contributed by atoms with E-state index in [-0.39, 0.29) is 11.4 Å². The number of aromatic hydroxyl groups is 1. The maximum absolute atomic E-state index is 10.6. The van der Waals surface area contributed by atoms with Crippen LogP contribution in [0.4, 0.5) is 5.69 Å². The van der Waals surface area contributed by atoms with Crippen LogP contribution < -0.4 is 0 Å². The molecule has 1 aliphatic rings. The molecule has 1 aromatic carbocycles. The minimum Gasteiger partial charge on any atom is -0.508 e. The Balaban J connectivity index is 2.17. The first-order valence-corrected chi connectivity index (χ1v) is 5.35. The summed E-state index contributed by atoms with van der Waals surface area (Å²) in [5, 5.41) is 20.2. The van der Waals surface area contributed by atoms with Crippen molar-refractivity contribution in [3.05, 3.63) is 33.9 Å². The van der Waals surface area contributed by atoms with Gasteiger partial charge in [-0.15, -0.1) is 0 Å². The van der Waals surface area contributed by atoms with Crippen LogP contribution in [0.3, 0.4) is 0 Å². The van der Waals surface area contributed by atoms with E-state index in [0.29, 0.717) is 12.1 Å². The minimum atomic E-state index is -0.438. The molecule has 0 saturated carbocycles. The number of nitro benzene ring substituents is 1. The molecule has 16 heavy (non-hydrogen) atoms. The smallest absolute Gasteiger partial charge is 0.270 e. The monoisotopic (exact) mass is 222 g/mol. The average Bonchev–Trinajstić information content (AvgIpc) is 2.73. The van der Waals surface area contributed by atoms with Crippen molar-refractivity contribution in [2.24, 2.45) is 0 Å². The van der Waals surface area contributed by atoms with Crippen LogP contribution in [0.15, 0.2) is 18.2 Å². The van der Waals surface area contributed by atoms with Gasteiger partial charge in [0.05, 0.1) is 4.92 Å². The number of nitrogens with zero attached hydrogens (tertiary/aromatic N) is 2. The fraction of sp³-hybridized carbons (Fsp3) is 0.455. The largest absolute Gasteiger partial charge is 0.508 e. The van der Waals surface area contributed by atoms with Crippen LogP contribution in [-0.4, -0.2) is 28.0 Å². The normalized spacial score (nSPS) is 16.5. The predicted octanol–water partition coefficient (Wildman–Crippen LogP) is 1.90. The van der Waals surface area contributed by atoms with Crippen LogP contribution >= 0.6 is 0 Å². The Bertz CT molecular complexity index is 400. The second-order valence-electron chi connectivity index (χ2n) is 4.05. The quantitative estimate of drug-likeness (QED) is 0.626. The van der Waals surface area contributed by atoms with E-state index in [1.165, 1.54) is 18.2 Å². The molecule has 0 amide bonds. The molecule has 2 rings (SSSR count). The van der Waals surface area contributed by atoms with Gasteiger partial charge < -0.3 is 5.11 Å². The van der Waals surface area contributed by atoms with Crippen LogP contribution in [0.25, 0.3) is 0 Å². The lowest BCUT2D eigenvalue weighted by Crippen LogP contribution is -2.18. The predicted molar refractivity (Wildman–Crippen MR) is 59.3 cm³/mol. The van der Waals surface area contributed by atoms with Crippen LogP contribution in [0.5, 0.6) is 5.75 Å². The highest BCUT2D eigenvalue weighted by Gasteiger charge is 2.16. The summed E-state index contributed by atoms with van der Waals surface area (Å²) in [6.45, 7) is 2.60. The molecule has 5 heteroatoms. The van der Waals surface area contributed by atoms with Crippen molar-refractivity contribution in [2.75, 3.05) is 13.1 Å². The molecule has 0 atom stereocenters. The lowest BCUT2D eigenvalue weighted by molar-refractivity contribution is -0.385. The van der Waals surface area contributed by atoms with Crippen molar-refractivity contribution in [1.82, 2.24) is 4.90 Å². The van der Waals surface area contributed by atoms with Gasteiger partial charge in [0.25, 0.3) is 5.69 Å². The van der Waals surface area contributed by atoms with Gasteiger partial charge in [-0.2, -0.15) is 0 Å². The Hall–Kier alpha value is -1.62. The van der Waals surface area contributed by atoms with E-state index < -0.39 is 4.92 Å². The number of likely N-dealkylation sites (tertiary alicyclic amines) is 1. The third kappa shape index (κ3) is 2.30. The van der Waals surface area contributed by atoms with Gasteiger partial charge in [0.1, 0.15) is 5.75 Å². The summed E-state index contributed by atoms with van der Waals surface area (Å²) in [5.74, 6) is 0.137. The molecule has 0 bridgehead atoms. The summed E-state index contributed by atoms with van der Waals surface area (Å²) in [4.78, 5) is 12.4. The molecule has 1 fully saturated rings. The van der Waals surface area contributed by atoms with Crippen molar-refractivity contribution in [3.63, 3.8) is 0 Å². The first kappa shape index (κ1) is 10.9. The summed E-state index contributed by atoms with van der Waals surface area (Å²) in [6, 6.07) is 4.17. The van der Waals surface area contributed by atoms with Crippen LogP contribution in [0, 0.1) is 10.1 Å². The van der Waals surface area contributed by atoms with E-state index in [1.54, 1.807) is 0 Å². The van der Waals surface area contributed by atoms with Crippen molar-refractivity contribution in [3.8, 4) is 5.75 Å². The third-order valence-electron chi connectivity index (χ3n) is 2.87. The molecule has 0 unspecified atom stereocenters. The molecule has 5 nitrogen and oxygen atoms in total. The highest BCUT2D eigenvalue weighted by Crippen LogP contribution is 2.25. The molecule has 86 valence electrons. The Kier molecular flexibility index (Phi) is 3.05. The zero-order chi connectivity index (χ0) is 11.5. The first-order valence-electron chi connectivity index (χ1n) is 5.35. The lowest BCUT2D eigenvalue weighted by atomic mass is 10.1. The van der Waals surface area contributed by atoms with E-state index in [1.807, 2.05) is 0 Å². The van der Waals surface area contributed by atoms with E-state index in [2.05, 4.69) is 4.90 Å². The van der Waals surface area contributed by atoms with Gasteiger partial charge in [-0.05, 0) is 32.0 Å². The molecule has 1 N–H and O–H groups in total. The summed E-state index contributed by atoms with van der Waals surface area (Å²) in [7, 11) is 0. The highest BCUT2D eigenvalue weighted by molar-refractivity contribution is 5.42. The number of hydrogen-bond acceptors (Lipinski definition) is 4. The Morgan fingerprint density at radius 1 is 1.38 bits per heavy atom. The number of nitro groups is 1. The number of non-ortho nitro benzene ring substituents is 1. The van der Waals surface area contributed by atoms with Gasteiger partial charge in [0.15, 0.2) is 0 Å². The third-order valence-corrected chi connectivity index (χ3v) is 2.87. The van der Waals surface area contributed by atoms with Crippen molar-refractivity contribution >= 4 is 5.69 Å². The van der Waals surface area contributed by atoms with Crippen molar-refractivity contribution in [2.45, 2.75) is 19.4 Å². The van der Waals surface area contributed by atoms with Gasteiger partial charge >= 0.3 is 0 Å². The molecule has 0 aliphatic carbocycles. The number of phenolic OH excluding ortho intramolecular Hbond substituents is 1. The van der Waals surface area contributed by atoms with Gasteiger partial charge in [0.2, 0.25) is 0 Å². The maximum atomic E-state index is 10.6. The topological polar surface area (TPSA) is 66.6 Å². The van der Waals surface area contributed by atoms with Crippen LogP contribution in [0.1, 0.15) is 18.4 Å². The maximum Gasteiger partial charge on any atom is 0.270 e. The fourth-order valence-electron chi connectivity index (χ4n) is 1.99. The second kappa shape index (κ2) is 4.49. The summed E-state index contributed by atoms with van der Waals surface area (Å²) in [5.41, 5.74) is 0.670. The molecule has 0 aromatic heterocycles. The lowest BCUT2D eigenvalue weighted by Gasteiger charge is -2.15. The van der Waals surface area contributed by atoms with Crippen molar-refractivity contribution < 1.29 is 10.0 Å². The number of hydrogen-bond donors (Lipinski definition) is 1. The van der Waals surface area contributed by atoms with Gasteiger partial charge in [0, 0.05) is 24.2 Å². The van der Waals surface area contributed by atoms with Crippen LogP contribution in [0.2, 0.25) is 0 Å². The number of rotatable bonds is 3.